The summed E-state index contributed by atoms with van der Waals surface area (Å²) in [5, 5.41) is 4.45. The fourth-order valence-electron chi connectivity index (χ4n) is 2.87. The highest BCUT2D eigenvalue weighted by Gasteiger charge is 2.25. The molecule has 1 aromatic heterocycles. The molecule has 108 valence electrons. The van der Waals surface area contributed by atoms with Crippen molar-refractivity contribution < 1.29 is 0 Å². The van der Waals surface area contributed by atoms with E-state index in [2.05, 4.69) is 55.3 Å². The van der Waals surface area contributed by atoms with Gasteiger partial charge in [-0.2, -0.15) is 5.10 Å². The third-order valence-corrected chi connectivity index (χ3v) is 4.12. The van der Waals surface area contributed by atoms with Gasteiger partial charge in [0.05, 0.1) is 5.69 Å². The number of hydrogen-bond donors (Lipinski definition) is 1. The molecule has 3 heteroatoms. The Morgan fingerprint density at radius 2 is 1.90 bits per heavy atom. The summed E-state index contributed by atoms with van der Waals surface area (Å²) in [4.78, 5) is 0. The van der Waals surface area contributed by atoms with Crippen LogP contribution in [0.1, 0.15) is 37.4 Å². The summed E-state index contributed by atoms with van der Waals surface area (Å²) in [5.74, 6) is 0.944. The van der Waals surface area contributed by atoms with Crippen molar-refractivity contribution in [2.24, 2.45) is 18.7 Å². The zero-order valence-corrected chi connectivity index (χ0v) is 12.7. The lowest BCUT2D eigenvalue weighted by molar-refractivity contribution is 0.377. The van der Waals surface area contributed by atoms with Crippen molar-refractivity contribution >= 4 is 0 Å². The molecule has 1 heterocycles. The molecule has 0 spiro atoms. The van der Waals surface area contributed by atoms with Crippen LogP contribution >= 0.6 is 0 Å². The molecular formula is C17H25N3. The van der Waals surface area contributed by atoms with Crippen LogP contribution in [0.25, 0.3) is 0 Å². The number of nitrogens with zero attached hydrogens (tertiary/aromatic N) is 2. The van der Waals surface area contributed by atoms with E-state index in [1.807, 2.05) is 17.9 Å². The first kappa shape index (κ1) is 14.8. The molecule has 0 fully saturated rings. The minimum absolute atomic E-state index is 0.0993. The predicted molar refractivity (Wildman–Crippen MR) is 83.5 cm³/mol. The zero-order valence-electron chi connectivity index (χ0n) is 12.7. The lowest BCUT2D eigenvalue weighted by atomic mass is 9.79. The molecule has 2 aromatic rings. The molecule has 0 amide bonds. The average Bonchev–Trinajstić information content (AvgIpc) is 2.85. The molecule has 2 N–H and O–H groups in total. The van der Waals surface area contributed by atoms with E-state index in [-0.39, 0.29) is 6.04 Å². The first-order valence-corrected chi connectivity index (χ1v) is 7.40. The van der Waals surface area contributed by atoms with Crippen molar-refractivity contribution in [3.8, 4) is 0 Å². The second-order valence-electron chi connectivity index (χ2n) is 5.67. The largest absolute Gasteiger partial charge is 0.327 e. The van der Waals surface area contributed by atoms with Gasteiger partial charge in [0, 0.05) is 31.6 Å². The SMILES string of the molecule is CCC(C)C(c1ccccc1)C(N)Cc1ccn(C)n1. The average molecular weight is 271 g/mol. The normalized spacial score (nSPS) is 15.8. The standard InChI is InChI=1S/C17H25N3/c1-4-13(2)17(14-8-6-5-7-9-14)16(18)12-15-10-11-20(3)19-15/h5-11,13,16-17H,4,12,18H2,1-3H3. The number of aromatic nitrogens is 2. The summed E-state index contributed by atoms with van der Waals surface area (Å²) in [6, 6.07) is 12.8. The van der Waals surface area contributed by atoms with Gasteiger partial charge in [-0.25, -0.2) is 0 Å². The highest BCUT2D eigenvalue weighted by molar-refractivity contribution is 5.23. The van der Waals surface area contributed by atoms with Crippen molar-refractivity contribution in [2.75, 3.05) is 0 Å². The zero-order chi connectivity index (χ0) is 14.5. The predicted octanol–water partition coefficient (Wildman–Crippen LogP) is 3.12. The maximum absolute atomic E-state index is 6.52. The van der Waals surface area contributed by atoms with Gasteiger partial charge in [-0.05, 0) is 17.5 Å². The van der Waals surface area contributed by atoms with Crippen LogP contribution in [-0.4, -0.2) is 15.8 Å². The molecule has 2 rings (SSSR count). The molecule has 0 aliphatic heterocycles. The van der Waals surface area contributed by atoms with Gasteiger partial charge in [-0.15, -0.1) is 0 Å². The van der Waals surface area contributed by atoms with E-state index in [1.165, 1.54) is 5.56 Å². The van der Waals surface area contributed by atoms with Crippen LogP contribution in [0.5, 0.6) is 0 Å². The number of rotatable bonds is 6. The number of hydrogen-bond acceptors (Lipinski definition) is 2. The van der Waals surface area contributed by atoms with E-state index in [4.69, 9.17) is 5.73 Å². The lowest BCUT2D eigenvalue weighted by Gasteiger charge is -2.29. The van der Waals surface area contributed by atoms with E-state index in [0.717, 1.165) is 18.5 Å². The van der Waals surface area contributed by atoms with E-state index in [1.54, 1.807) is 0 Å². The second kappa shape index (κ2) is 6.71. The highest BCUT2D eigenvalue weighted by atomic mass is 15.2. The molecule has 0 aliphatic carbocycles. The van der Waals surface area contributed by atoms with Crippen molar-refractivity contribution in [1.29, 1.82) is 0 Å². The summed E-state index contributed by atoms with van der Waals surface area (Å²) < 4.78 is 1.84. The van der Waals surface area contributed by atoms with Crippen molar-refractivity contribution in [2.45, 2.75) is 38.6 Å². The Labute approximate surface area is 121 Å². The maximum Gasteiger partial charge on any atom is 0.0640 e. The Morgan fingerprint density at radius 3 is 2.45 bits per heavy atom. The number of benzene rings is 1. The van der Waals surface area contributed by atoms with Crippen LogP contribution in [-0.2, 0) is 13.5 Å². The first-order chi connectivity index (χ1) is 9.61. The molecule has 0 aliphatic rings. The van der Waals surface area contributed by atoms with Gasteiger partial charge in [0.25, 0.3) is 0 Å². The molecule has 0 radical (unpaired) electrons. The Hall–Kier alpha value is -1.61. The maximum atomic E-state index is 6.52. The fraction of sp³-hybridized carbons (Fsp3) is 0.471. The summed E-state index contributed by atoms with van der Waals surface area (Å²) in [7, 11) is 1.94. The fourth-order valence-corrected chi connectivity index (χ4v) is 2.87. The summed E-state index contributed by atoms with van der Waals surface area (Å²) in [6.07, 6.45) is 3.93. The molecule has 3 unspecified atom stereocenters. The molecular weight excluding hydrogens is 246 g/mol. The van der Waals surface area contributed by atoms with Gasteiger partial charge in [-0.1, -0.05) is 50.6 Å². The minimum atomic E-state index is 0.0993. The van der Waals surface area contributed by atoms with Crippen LogP contribution in [0.4, 0.5) is 0 Å². The number of nitrogens with two attached hydrogens (primary N) is 1. The van der Waals surface area contributed by atoms with Crippen molar-refractivity contribution in [3.05, 3.63) is 53.9 Å². The number of aryl methyl sites for hydroxylation is 1. The topological polar surface area (TPSA) is 43.8 Å². The van der Waals surface area contributed by atoms with Gasteiger partial charge in [-0.3, -0.25) is 4.68 Å². The second-order valence-corrected chi connectivity index (χ2v) is 5.67. The molecule has 0 bridgehead atoms. The van der Waals surface area contributed by atoms with Gasteiger partial charge >= 0.3 is 0 Å². The van der Waals surface area contributed by atoms with Crippen LogP contribution in [0.3, 0.4) is 0 Å². The smallest absolute Gasteiger partial charge is 0.0640 e. The van der Waals surface area contributed by atoms with Gasteiger partial charge in [0.1, 0.15) is 0 Å². The Kier molecular flexibility index (Phi) is 4.96. The molecule has 3 atom stereocenters. The Bertz CT molecular complexity index is 518. The van der Waals surface area contributed by atoms with Gasteiger partial charge in [0.2, 0.25) is 0 Å². The van der Waals surface area contributed by atoms with Crippen LogP contribution in [0.2, 0.25) is 0 Å². The van der Waals surface area contributed by atoms with Crippen molar-refractivity contribution in [1.82, 2.24) is 9.78 Å². The summed E-state index contributed by atoms with van der Waals surface area (Å²) in [5.41, 5.74) is 8.93. The van der Waals surface area contributed by atoms with E-state index in [0.29, 0.717) is 11.8 Å². The molecule has 20 heavy (non-hydrogen) atoms. The van der Waals surface area contributed by atoms with Gasteiger partial charge in [0.15, 0.2) is 0 Å². The van der Waals surface area contributed by atoms with Gasteiger partial charge < -0.3 is 5.73 Å². The van der Waals surface area contributed by atoms with E-state index >= 15 is 0 Å². The van der Waals surface area contributed by atoms with E-state index < -0.39 is 0 Å². The minimum Gasteiger partial charge on any atom is -0.327 e. The van der Waals surface area contributed by atoms with Crippen LogP contribution in [0, 0.1) is 5.92 Å². The Morgan fingerprint density at radius 1 is 1.20 bits per heavy atom. The molecule has 0 saturated carbocycles. The Balaban J connectivity index is 2.18. The van der Waals surface area contributed by atoms with Crippen molar-refractivity contribution in [3.63, 3.8) is 0 Å². The summed E-state index contributed by atoms with van der Waals surface area (Å²) >= 11 is 0. The first-order valence-electron chi connectivity index (χ1n) is 7.40. The summed E-state index contributed by atoms with van der Waals surface area (Å²) in [6.45, 7) is 4.52. The van der Waals surface area contributed by atoms with Crippen LogP contribution < -0.4 is 5.73 Å². The van der Waals surface area contributed by atoms with Crippen LogP contribution in [0.15, 0.2) is 42.6 Å². The van der Waals surface area contributed by atoms with E-state index in [9.17, 15) is 0 Å². The molecule has 1 aromatic carbocycles. The monoisotopic (exact) mass is 271 g/mol. The highest BCUT2D eigenvalue weighted by Crippen LogP contribution is 2.30. The third-order valence-electron chi connectivity index (χ3n) is 4.12. The molecule has 0 saturated heterocycles. The quantitative estimate of drug-likeness (QED) is 0.877. The molecule has 3 nitrogen and oxygen atoms in total. The lowest BCUT2D eigenvalue weighted by Crippen LogP contribution is -2.34. The third kappa shape index (κ3) is 3.48.